The molecule has 0 aliphatic carbocycles. The molecule has 0 bridgehead atoms. The Morgan fingerprint density at radius 3 is 2.25 bits per heavy atom. The quantitative estimate of drug-likeness (QED) is 0.715. The summed E-state index contributed by atoms with van der Waals surface area (Å²) < 4.78 is 5.63. The average molecular weight is 234 g/mol. The molecule has 0 atom stereocenters. The highest BCUT2D eigenvalue weighted by molar-refractivity contribution is 6.00. The molecule has 0 radical (unpaired) electrons. The monoisotopic (exact) mass is 234 g/mol. The second kappa shape index (κ2) is 4.46. The summed E-state index contributed by atoms with van der Waals surface area (Å²) in [6.45, 7) is 14.9. The maximum atomic E-state index is 5.63. The molecule has 88 valence electrons. The lowest BCUT2D eigenvalue weighted by Gasteiger charge is -2.26. The van der Waals surface area contributed by atoms with E-state index in [1.165, 1.54) is 16.7 Å². The van der Waals surface area contributed by atoms with E-state index in [0.717, 1.165) is 11.3 Å². The Balaban J connectivity index is 3.60. The third-order valence-electron chi connectivity index (χ3n) is 2.92. The van der Waals surface area contributed by atoms with Crippen LogP contribution in [0, 0.1) is 13.8 Å². The molecular weight excluding hydrogens is 212 g/mol. The molecule has 0 saturated carbocycles. The highest BCUT2D eigenvalue weighted by atomic mass is 28.2. The Labute approximate surface area is 102 Å². The van der Waals surface area contributed by atoms with Gasteiger partial charge in [-0.25, -0.2) is 0 Å². The summed E-state index contributed by atoms with van der Waals surface area (Å²) in [6, 6.07) is 2.17. The fourth-order valence-corrected chi connectivity index (χ4v) is 3.12. The highest BCUT2D eigenvalue weighted by Gasteiger charge is 2.22. The van der Waals surface area contributed by atoms with Crippen LogP contribution in [0.5, 0.6) is 5.75 Å². The van der Waals surface area contributed by atoms with Crippen molar-refractivity contribution < 1.29 is 4.43 Å². The predicted octanol–water partition coefficient (Wildman–Crippen LogP) is 2.90. The van der Waals surface area contributed by atoms with Crippen LogP contribution in [0.1, 0.15) is 43.0 Å². The minimum Gasteiger partial charge on any atom is -0.553 e. The summed E-state index contributed by atoms with van der Waals surface area (Å²) in [4.78, 5) is 0. The van der Waals surface area contributed by atoms with Crippen LogP contribution < -0.4 is 4.43 Å². The highest BCUT2D eigenvalue weighted by Crippen LogP contribution is 2.36. The normalized spacial score (nSPS) is 11.6. The molecule has 0 spiro atoms. The van der Waals surface area contributed by atoms with Crippen LogP contribution in [-0.2, 0) is 5.41 Å². The second-order valence-electron chi connectivity index (χ2n) is 5.27. The number of hydrogen-bond acceptors (Lipinski definition) is 1. The SMILES string of the molecule is C=Cc1cc(C)c(C(C)(C)C)c(C)c1O[SiH3]. The van der Waals surface area contributed by atoms with Gasteiger partial charge in [-0.15, -0.1) is 0 Å². The summed E-state index contributed by atoms with van der Waals surface area (Å²) in [6.07, 6.45) is 1.87. The maximum Gasteiger partial charge on any atom is 0.204 e. The van der Waals surface area contributed by atoms with E-state index in [-0.39, 0.29) is 5.41 Å². The van der Waals surface area contributed by atoms with Gasteiger partial charge in [0.15, 0.2) is 0 Å². The molecule has 1 rings (SSSR count). The van der Waals surface area contributed by atoms with Crippen molar-refractivity contribution in [3.63, 3.8) is 0 Å². The zero-order valence-corrected chi connectivity index (χ0v) is 13.3. The Morgan fingerprint density at radius 2 is 1.88 bits per heavy atom. The minimum atomic E-state index is 0.155. The summed E-state index contributed by atoms with van der Waals surface area (Å²) in [5, 5.41) is 0. The molecular formula is C14H22OSi. The Hall–Kier alpha value is -1.02. The van der Waals surface area contributed by atoms with Gasteiger partial charge >= 0.3 is 0 Å². The molecule has 0 amide bonds. The van der Waals surface area contributed by atoms with Gasteiger partial charge in [-0.1, -0.05) is 33.4 Å². The lowest BCUT2D eigenvalue weighted by Crippen LogP contribution is -2.16. The molecule has 0 fully saturated rings. The lowest BCUT2D eigenvalue weighted by molar-refractivity contribution is 0.562. The van der Waals surface area contributed by atoms with E-state index < -0.39 is 0 Å². The van der Waals surface area contributed by atoms with E-state index in [9.17, 15) is 0 Å². The summed E-state index contributed by atoms with van der Waals surface area (Å²) in [5.74, 6) is 1.01. The van der Waals surface area contributed by atoms with Crippen LogP contribution in [0.25, 0.3) is 6.08 Å². The average Bonchev–Trinajstić information content (AvgIpc) is 2.14. The molecule has 0 aliphatic rings. The fourth-order valence-electron chi connectivity index (χ4n) is 2.57. The third kappa shape index (κ3) is 2.22. The number of aryl methyl sites for hydroxylation is 1. The first-order chi connectivity index (χ1) is 7.32. The molecule has 16 heavy (non-hydrogen) atoms. The van der Waals surface area contributed by atoms with Gasteiger partial charge in [-0.3, -0.25) is 0 Å². The first-order valence-corrected chi connectivity index (χ1v) is 6.45. The van der Waals surface area contributed by atoms with Crippen LogP contribution in [-0.4, -0.2) is 10.5 Å². The van der Waals surface area contributed by atoms with Crippen LogP contribution in [0.2, 0.25) is 0 Å². The third-order valence-corrected chi connectivity index (χ3v) is 3.33. The van der Waals surface area contributed by atoms with E-state index >= 15 is 0 Å². The molecule has 0 aliphatic heterocycles. The zero-order valence-electron chi connectivity index (χ0n) is 11.3. The molecule has 1 aromatic rings. The van der Waals surface area contributed by atoms with Crippen LogP contribution >= 0.6 is 0 Å². The van der Waals surface area contributed by atoms with Gasteiger partial charge in [0, 0.05) is 5.56 Å². The summed E-state index contributed by atoms with van der Waals surface area (Å²) in [5.41, 5.74) is 5.24. The van der Waals surface area contributed by atoms with Gasteiger partial charge in [-0.05, 0) is 42.0 Å². The first kappa shape index (κ1) is 13.0. The van der Waals surface area contributed by atoms with Crippen molar-refractivity contribution in [2.24, 2.45) is 0 Å². The van der Waals surface area contributed by atoms with Crippen molar-refractivity contribution in [1.82, 2.24) is 0 Å². The molecule has 0 saturated heterocycles. The number of rotatable bonds is 2. The van der Waals surface area contributed by atoms with Gasteiger partial charge in [-0.2, -0.15) is 0 Å². The molecule has 2 heteroatoms. The Morgan fingerprint density at radius 1 is 1.31 bits per heavy atom. The summed E-state index contributed by atoms with van der Waals surface area (Å²) >= 11 is 0. The van der Waals surface area contributed by atoms with E-state index in [4.69, 9.17) is 4.43 Å². The number of hydrogen-bond donors (Lipinski definition) is 0. The van der Waals surface area contributed by atoms with Gasteiger partial charge in [0.2, 0.25) is 10.5 Å². The van der Waals surface area contributed by atoms with Crippen molar-refractivity contribution in [2.75, 3.05) is 0 Å². The van der Waals surface area contributed by atoms with Crippen molar-refractivity contribution >= 4 is 16.6 Å². The summed E-state index contributed by atoms with van der Waals surface area (Å²) in [7, 11) is 0.713. The standard InChI is InChI=1S/C14H22OSi/c1-7-11-8-9(2)12(14(4,5)6)10(3)13(11)15-16/h7-8H,1H2,2-6,16H3. The van der Waals surface area contributed by atoms with Gasteiger partial charge in [0.1, 0.15) is 5.75 Å². The molecule has 1 aromatic carbocycles. The van der Waals surface area contributed by atoms with Gasteiger partial charge < -0.3 is 4.43 Å². The maximum absolute atomic E-state index is 5.63. The molecule has 0 heterocycles. The number of benzene rings is 1. The van der Waals surface area contributed by atoms with E-state index in [1.54, 1.807) is 0 Å². The Bertz CT molecular complexity index is 414. The van der Waals surface area contributed by atoms with Crippen LogP contribution in [0.15, 0.2) is 12.6 Å². The molecule has 0 unspecified atom stereocenters. The zero-order chi connectivity index (χ0) is 12.5. The molecule has 1 nitrogen and oxygen atoms in total. The Kier molecular flexibility index (Phi) is 3.63. The fraction of sp³-hybridized carbons (Fsp3) is 0.429. The lowest BCUT2D eigenvalue weighted by atomic mass is 9.80. The molecule has 0 aromatic heterocycles. The van der Waals surface area contributed by atoms with Crippen molar-refractivity contribution in [3.8, 4) is 5.75 Å². The second-order valence-corrected chi connectivity index (χ2v) is 5.68. The smallest absolute Gasteiger partial charge is 0.204 e. The largest absolute Gasteiger partial charge is 0.553 e. The van der Waals surface area contributed by atoms with E-state index in [0.29, 0.717) is 10.5 Å². The van der Waals surface area contributed by atoms with Crippen molar-refractivity contribution in [3.05, 3.63) is 34.9 Å². The minimum absolute atomic E-state index is 0.155. The van der Waals surface area contributed by atoms with E-state index in [2.05, 4.69) is 47.3 Å². The predicted molar refractivity (Wildman–Crippen MR) is 75.3 cm³/mol. The van der Waals surface area contributed by atoms with Crippen molar-refractivity contribution in [2.45, 2.75) is 40.0 Å². The van der Waals surface area contributed by atoms with Gasteiger partial charge in [0.25, 0.3) is 0 Å². The van der Waals surface area contributed by atoms with Crippen molar-refractivity contribution in [1.29, 1.82) is 0 Å². The molecule has 0 N–H and O–H groups in total. The topological polar surface area (TPSA) is 9.23 Å². The van der Waals surface area contributed by atoms with Crippen LogP contribution in [0.3, 0.4) is 0 Å². The van der Waals surface area contributed by atoms with Crippen LogP contribution in [0.4, 0.5) is 0 Å². The first-order valence-electron chi connectivity index (χ1n) is 5.64. The van der Waals surface area contributed by atoms with Gasteiger partial charge in [0.05, 0.1) is 0 Å². The van der Waals surface area contributed by atoms with E-state index in [1.807, 2.05) is 6.08 Å².